The summed E-state index contributed by atoms with van der Waals surface area (Å²) in [5.41, 5.74) is -1.20. The Hall–Kier alpha value is -2.46. The first-order valence-corrected chi connectivity index (χ1v) is 9.21. The third-order valence-corrected chi connectivity index (χ3v) is 5.83. The molecule has 1 aliphatic rings. The number of hydrogen-bond donors (Lipinski definition) is 1. The number of carboxylic acid groups (broad SMARTS) is 1. The van der Waals surface area contributed by atoms with Gasteiger partial charge in [-0.2, -0.15) is 13.2 Å². The van der Waals surface area contributed by atoms with Crippen LogP contribution >= 0.6 is 11.6 Å². The summed E-state index contributed by atoms with van der Waals surface area (Å²) in [6.45, 7) is -0.624. The molecule has 0 fully saturated rings. The largest absolute Gasteiger partial charge is 0.478 e. The first-order valence-electron chi connectivity index (χ1n) is 7.39. The summed E-state index contributed by atoms with van der Waals surface area (Å²) in [4.78, 5) is 10.7. The van der Waals surface area contributed by atoms with Crippen molar-refractivity contribution in [2.24, 2.45) is 0 Å². The fourth-order valence-electron chi connectivity index (χ4n) is 2.54. The predicted octanol–water partition coefficient (Wildman–Crippen LogP) is 3.40. The van der Waals surface area contributed by atoms with Gasteiger partial charge in [0.1, 0.15) is 5.75 Å². The summed E-state index contributed by atoms with van der Waals surface area (Å²) >= 11 is 5.88. The number of carboxylic acids is 1. The number of hydrogen-bond acceptors (Lipinski definition) is 4. The lowest BCUT2D eigenvalue weighted by Gasteiger charge is -2.33. The van der Waals surface area contributed by atoms with E-state index in [1.54, 1.807) is 0 Å². The van der Waals surface area contributed by atoms with Crippen LogP contribution < -0.4 is 9.04 Å². The molecule has 0 unspecified atom stereocenters. The number of halogens is 4. The Morgan fingerprint density at radius 1 is 1.22 bits per heavy atom. The van der Waals surface area contributed by atoms with Crippen molar-refractivity contribution >= 4 is 33.3 Å². The van der Waals surface area contributed by atoms with Crippen LogP contribution in [0, 0.1) is 0 Å². The van der Waals surface area contributed by atoms with Gasteiger partial charge in [-0.1, -0.05) is 17.7 Å². The number of carbonyl (C=O) groups is 1. The standard InChI is InChI=1S/C16H11ClF3NO5S/c17-10-4-5-13-12(7-10)21(8-14(26-13)15(22)23)27(24,25)11-3-1-2-9(6-11)16(18,19)20/h1-7,14H,8H2,(H,22,23)/t14-/m0/s1. The highest BCUT2D eigenvalue weighted by Crippen LogP contribution is 2.39. The molecule has 2 aromatic carbocycles. The van der Waals surface area contributed by atoms with Crippen molar-refractivity contribution in [1.29, 1.82) is 0 Å². The molecular weight excluding hydrogens is 411 g/mol. The minimum Gasteiger partial charge on any atom is -0.478 e. The fraction of sp³-hybridized carbons (Fsp3) is 0.188. The number of anilines is 1. The Bertz CT molecular complexity index is 1010. The van der Waals surface area contributed by atoms with Gasteiger partial charge in [0.2, 0.25) is 6.10 Å². The molecule has 11 heteroatoms. The van der Waals surface area contributed by atoms with Crippen molar-refractivity contribution in [2.45, 2.75) is 17.2 Å². The molecule has 0 radical (unpaired) electrons. The molecule has 0 bridgehead atoms. The maximum Gasteiger partial charge on any atom is 0.416 e. The van der Waals surface area contributed by atoms with Crippen LogP contribution in [0.2, 0.25) is 5.02 Å². The zero-order chi connectivity index (χ0) is 20.0. The van der Waals surface area contributed by atoms with E-state index in [1.807, 2.05) is 0 Å². The molecule has 0 spiro atoms. The number of aliphatic carboxylic acids is 1. The molecule has 3 rings (SSSR count). The first-order chi connectivity index (χ1) is 12.5. The van der Waals surface area contributed by atoms with E-state index in [2.05, 4.69) is 0 Å². The van der Waals surface area contributed by atoms with Gasteiger partial charge < -0.3 is 9.84 Å². The van der Waals surface area contributed by atoms with E-state index in [9.17, 15) is 31.5 Å². The number of fused-ring (bicyclic) bond motifs is 1. The minimum atomic E-state index is -4.73. The Kier molecular flexibility index (Phi) is 4.73. The molecular formula is C16H11ClF3NO5S. The summed E-state index contributed by atoms with van der Waals surface area (Å²) in [5.74, 6) is -1.48. The fourth-order valence-corrected chi connectivity index (χ4v) is 4.22. The maximum absolute atomic E-state index is 13.0. The molecule has 0 saturated heterocycles. The molecule has 0 aromatic heterocycles. The molecule has 1 aliphatic heterocycles. The van der Waals surface area contributed by atoms with Crippen molar-refractivity contribution in [3.05, 3.63) is 53.1 Å². The van der Waals surface area contributed by atoms with Gasteiger partial charge in [0.25, 0.3) is 10.0 Å². The third-order valence-electron chi connectivity index (χ3n) is 3.82. The second kappa shape index (κ2) is 6.61. The van der Waals surface area contributed by atoms with Crippen molar-refractivity contribution in [3.63, 3.8) is 0 Å². The Morgan fingerprint density at radius 2 is 1.93 bits per heavy atom. The van der Waals surface area contributed by atoms with Gasteiger partial charge >= 0.3 is 12.1 Å². The number of alkyl halides is 3. The monoisotopic (exact) mass is 421 g/mol. The van der Waals surface area contributed by atoms with Gasteiger partial charge in [0, 0.05) is 5.02 Å². The predicted molar refractivity (Wildman–Crippen MR) is 89.5 cm³/mol. The topological polar surface area (TPSA) is 83.9 Å². The van der Waals surface area contributed by atoms with Crippen LogP contribution in [0.3, 0.4) is 0 Å². The zero-order valence-electron chi connectivity index (χ0n) is 13.3. The van der Waals surface area contributed by atoms with E-state index >= 15 is 0 Å². The van der Waals surface area contributed by atoms with E-state index in [4.69, 9.17) is 16.3 Å². The van der Waals surface area contributed by atoms with Crippen LogP contribution in [0.4, 0.5) is 18.9 Å². The average Bonchev–Trinajstić information content (AvgIpc) is 2.60. The highest BCUT2D eigenvalue weighted by molar-refractivity contribution is 7.92. The van der Waals surface area contributed by atoms with Crippen molar-refractivity contribution in [2.75, 3.05) is 10.8 Å². The lowest BCUT2D eigenvalue weighted by molar-refractivity contribution is -0.144. The molecule has 6 nitrogen and oxygen atoms in total. The van der Waals surface area contributed by atoms with E-state index in [0.717, 1.165) is 18.2 Å². The van der Waals surface area contributed by atoms with Gasteiger partial charge in [0.15, 0.2) is 0 Å². The summed E-state index contributed by atoms with van der Waals surface area (Å²) in [5, 5.41) is 9.35. The molecule has 0 aliphatic carbocycles. The van der Waals surface area contributed by atoms with E-state index in [-0.39, 0.29) is 16.5 Å². The van der Waals surface area contributed by atoms with Gasteiger partial charge in [-0.05, 0) is 36.4 Å². The second-order valence-corrected chi connectivity index (χ2v) is 7.92. The zero-order valence-corrected chi connectivity index (χ0v) is 14.8. The number of benzene rings is 2. The molecule has 2 aromatic rings. The quantitative estimate of drug-likeness (QED) is 0.821. The second-order valence-electron chi connectivity index (χ2n) is 5.62. The lowest BCUT2D eigenvalue weighted by atomic mass is 10.2. The molecule has 1 heterocycles. The van der Waals surface area contributed by atoms with Crippen LogP contribution in [0.5, 0.6) is 5.75 Å². The normalized spacial score (nSPS) is 17.2. The van der Waals surface area contributed by atoms with Crippen LogP contribution in [0.15, 0.2) is 47.4 Å². The van der Waals surface area contributed by atoms with Crippen LogP contribution in [0.1, 0.15) is 5.56 Å². The van der Waals surface area contributed by atoms with E-state index in [0.29, 0.717) is 10.4 Å². The third kappa shape index (κ3) is 3.67. The number of rotatable bonds is 3. The van der Waals surface area contributed by atoms with Crippen LogP contribution in [-0.4, -0.2) is 32.1 Å². The smallest absolute Gasteiger partial charge is 0.416 e. The van der Waals surface area contributed by atoms with Gasteiger partial charge in [0.05, 0.1) is 22.7 Å². The highest BCUT2D eigenvalue weighted by atomic mass is 35.5. The molecule has 1 N–H and O–H groups in total. The number of sulfonamides is 1. The lowest BCUT2D eigenvalue weighted by Crippen LogP contribution is -2.47. The van der Waals surface area contributed by atoms with Crippen molar-refractivity contribution in [3.8, 4) is 5.75 Å². The Labute approximate surface area is 156 Å². The summed E-state index contributed by atoms with van der Waals surface area (Å²) in [6.07, 6.45) is -6.26. The van der Waals surface area contributed by atoms with Gasteiger partial charge in [-0.15, -0.1) is 0 Å². The molecule has 144 valence electrons. The van der Waals surface area contributed by atoms with E-state index < -0.39 is 45.3 Å². The van der Waals surface area contributed by atoms with Gasteiger partial charge in [-0.3, -0.25) is 4.31 Å². The highest BCUT2D eigenvalue weighted by Gasteiger charge is 2.39. The van der Waals surface area contributed by atoms with Crippen LogP contribution in [-0.2, 0) is 21.0 Å². The maximum atomic E-state index is 13.0. The summed E-state index contributed by atoms with van der Waals surface area (Å²) < 4.78 is 70.7. The van der Waals surface area contributed by atoms with Gasteiger partial charge in [-0.25, -0.2) is 13.2 Å². The summed E-state index contributed by atoms with van der Waals surface area (Å²) in [6, 6.07) is 7.10. The SMILES string of the molecule is O=C(O)[C@@H]1CN(S(=O)(=O)c2cccc(C(F)(F)F)c2)c2cc(Cl)ccc2O1. The summed E-state index contributed by atoms with van der Waals surface area (Å²) in [7, 11) is -4.51. The Balaban J connectivity index is 2.13. The number of nitrogens with zero attached hydrogens (tertiary/aromatic N) is 1. The van der Waals surface area contributed by atoms with Crippen LogP contribution in [0.25, 0.3) is 0 Å². The molecule has 0 saturated carbocycles. The van der Waals surface area contributed by atoms with Crippen molar-refractivity contribution in [1.82, 2.24) is 0 Å². The minimum absolute atomic E-state index is 0.0580. The Morgan fingerprint density at radius 3 is 2.56 bits per heavy atom. The molecule has 0 amide bonds. The first kappa shape index (κ1) is 19.3. The number of ether oxygens (including phenoxy) is 1. The average molecular weight is 422 g/mol. The van der Waals surface area contributed by atoms with Crippen molar-refractivity contribution < 1.29 is 36.2 Å². The molecule has 1 atom stereocenters. The molecule has 27 heavy (non-hydrogen) atoms. The van der Waals surface area contributed by atoms with E-state index in [1.165, 1.54) is 18.2 Å².